The lowest BCUT2D eigenvalue weighted by atomic mass is 10.1. The third kappa shape index (κ3) is 6.18. The van der Waals surface area contributed by atoms with Crippen molar-refractivity contribution in [2.75, 3.05) is 5.32 Å². The van der Waals surface area contributed by atoms with Crippen LogP contribution in [0.2, 0.25) is 15.1 Å². The van der Waals surface area contributed by atoms with E-state index in [4.69, 9.17) is 34.8 Å². The molecule has 3 aromatic carbocycles. The molecule has 0 aliphatic heterocycles. The molecular formula is C21H16Cl3FN2O3S. The number of rotatable bonds is 7. The van der Waals surface area contributed by atoms with E-state index < -0.39 is 27.8 Å². The van der Waals surface area contributed by atoms with E-state index in [1.807, 2.05) is 0 Å². The molecule has 3 rings (SSSR count). The lowest BCUT2D eigenvalue weighted by Crippen LogP contribution is -2.45. The summed E-state index contributed by atoms with van der Waals surface area (Å²) in [5.41, 5.74) is 0.939. The number of anilines is 1. The van der Waals surface area contributed by atoms with E-state index in [2.05, 4.69) is 10.0 Å². The predicted molar refractivity (Wildman–Crippen MR) is 121 cm³/mol. The van der Waals surface area contributed by atoms with E-state index >= 15 is 0 Å². The Morgan fingerprint density at radius 3 is 2.32 bits per heavy atom. The molecule has 1 atom stereocenters. The minimum Gasteiger partial charge on any atom is -0.325 e. The fourth-order valence-corrected chi connectivity index (χ4v) is 4.91. The molecule has 3 aromatic rings. The van der Waals surface area contributed by atoms with Gasteiger partial charge in [0, 0.05) is 10.7 Å². The first kappa shape index (κ1) is 23.5. The number of benzene rings is 3. The van der Waals surface area contributed by atoms with Crippen LogP contribution in [0.1, 0.15) is 5.56 Å². The van der Waals surface area contributed by atoms with Crippen LogP contribution in [-0.2, 0) is 21.2 Å². The van der Waals surface area contributed by atoms with E-state index in [1.165, 1.54) is 30.3 Å². The minimum absolute atomic E-state index is 0.0407. The summed E-state index contributed by atoms with van der Waals surface area (Å²) < 4.78 is 41.7. The number of sulfonamides is 1. The van der Waals surface area contributed by atoms with Gasteiger partial charge in [-0.1, -0.05) is 65.1 Å². The monoisotopic (exact) mass is 500 g/mol. The number of halogens is 4. The predicted octanol–water partition coefficient (Wildman–Crippen LogP) is 5.31. The van der Waals surface area contributed by atoms with Crippen LogP contribution in [-0.4, -0.2) is 20.4 Å². The molecule has 0 unspecified atom stereocenters. The summed E-state index contributed by atoms with van der Waals surface area (Å²) >= 11 is 17.7. The Labute approximate surface area is 194 Å². The summed E-state index contributed by atoms with van der Waals surface area (Å²) in [5.74, 6) is -1.30. The van der Waals surface area contributed by atoms with Crippen LogP contribution in [0, 0.1) is 5.82 Å². The summed E-state index contributed by atoms with van der Waals surface area (Å²) in [6.07, 6.45) is 0.0546. The molecule has 0 fully saturated rings. The first-order chi connectivity index (χ1) is 14.7. The second-order valence-electron chi connectivity index (χ2n) is 6.56. The van der Waals surface area contributed by atoms with E-state index in [9.17, 15) is 17.6 Å². The highest BCUT2D eigenvalue weighted by molar-refractivity contribution is 7.89. The average molecular weight is 502 g/mol. The molecule has 5 nitrogen and oxygen atoms in total. The molecule has 0 bridgehead atoms. The summed E-state index contributed by atoms with van der Waals surface area (Å²) in [4.78, 5) is 12.7. The summed E-state index contributed by atoms with van der Waals surface area (Å²) in [6.45, 7) is 0. The van der Waals surface area contributed by atoms with Crippen molar-refractivity contribution in [1.82, 2.24) is 4.72 Å². The van der Waals surface area contributed by atoms with Crippen molar-refractivity contribution in [2.45, 2.75) is 17.4 Å². The zero-order chi connectivity index (χ0) is 22.6. The Kier molecular flexibility index (Phi) is 7.56. The molecule has 31 heavy (non-hydrogen) atoms. The van der Waals surface area contributed by atoms with Crippen molar-refractivity contribution in [3.05, 3.63) is 93.2 Å². The van der Waals surface area contributed by atoms with Crippen LogP contribution in [0.5, 0.6) is 0 Å². The zero-order valence-electron chi connectivity index (χ0n) is 15.8. The Hall–Kier alpha value is -2.16. The molecule has 162 valence electrons. The highest BCUT2D eigenvalue weighted by Crippen LogP contribution is 2.25. The van der Waals surface area contributed by atoms with Gasteiger partial charge in [-0.05, 0) is 48.4 Å². The van der Waals surface area contributed by atoms with Crippen molar-refractivity contribution in [3.8, 4) is 0 Å². The Balaban J connectivity index is 1.91. The van der Waals surface area contributed by atoms with E-state index in [0.717, 1.165) is 11.6 Å². The maximum absolute atomic E-state index is 13.4. The molecule has 0 heterocycles. The van der Waals surface area contributed by atoms with Crippen LogP contribution in [0.25, 0.3) is 0 Å². The van der Waals surface area contributed by atoms with Gasteiger partial charge in [0.1, 0.15) is 16.8 Å². The smallest absolute Gasteiger partial charge is 0.242 e. The Bertz CT molecular complexity index is 1210. The zero-order valence-corrected chi connectivity index (χ0v) is 18.9. The topological polar surface area (TPSA) is 75.3 Å². The molecule has 0 saturated heterocycles. The largest absolute Gasteiger partial charge is 0.325 e. The van der Waals surface area contributed by atoms with Crippen LogP contribution < -0.4 is 10.0 Å². The first-order valence-electron chi connectivity index (χ1n) is 8.93. The summed E-state index contributed by atoms with van der Waals surface area (Å²) in [6, 6.07) is 15.3. The molecule has 0 radical (unpaired) electrons. The molecule has 10 heteroatoms. The lowest BCUT2D eigenvalue weighted by molar-refractivity contribution is -0.117. The number of amides is 1. The van der Waals surface area contributed by atoms with Gasteiger partial charge in [-0.2, -0.15) is 4.72 Å². The molecule has 0 spiro atoms. The van der Waals surface area contributed by atoms with Crippen LogP contribution in [0.15, 0.2) is 71.6 Å². The molecule has 1 amide bonds. The number of carbonyl (C=O) groups is 1. The standard InChI is InChI=1S/C21H16Cl3FN2O3S/c22-14-6-8-16(23)20(11-14)31(29,30)27-19(10-13-4-2-1-3-5-13)21(28)26-15-7-9-18(25)17(24)12-15/h1-9,11-12,19,27H,10H2,(H,26,28)/t19-/m1/s1. The second kappa shape index (κ2) is 9.97. The molecule has 0 saturated carbocycles. The third-order valence-electron chi connectivity index (χ3n) is 4.27. The molecular weight excluding hydrogens is 486 g/mol. The third-order valence-corrected chi connectivity index (χ3v) is 6.74. The van der Waals surface area contributed by atoms with Crippen molar-refractivity contribution < 1.29 is 17.6 Å². The number of nitrogens with one attached hydrogen (secondary N) is 2. The first-order valence-corrected chi connectivity index (χ1v) is 11.5. The van der Waals surface area contributed by atoms with Gasteiger partial charge in [0.05, 0.1) is 10.0 Å². The quantitative estimate of drug-likeness (QED) is 0.460. The number of carbonyl (C=O) groups excluding carboxylic acids is 1. The van der Waals surface area contributed by atoms with Crippen LogP contribution in [0.4, 0.5) is 10.1 Å². The van der Waals surface area contributed by atoms with Gasteiger partial charge >= 0.3 is 0 Å². The van der Waals surface area contributed by atoms with Crippen LogP contribution >= 0.6 is 34.8 Å². The van der Waals surface area contributed by atoms with Gasteiger partial charge in [0.25, 0.3) is 0 Å². The maximum Gasteiger partial charge on any atom is 0.242 e. The maximum atomic E-state index is 13.4. The van der Waals surface area contributed by atoms with Gasteiger partial charge in [-0.15, -0.1) is 0 Å². The van der Waals surface area contributed by atoms with Gasteiger partial charge in [-0.3, -0.25) is 4.79 Å². The fourth-order valence-electron chi connectivity index (χ4n) is 2.77. The lowest BCUT2D eigenvalue weighted by Gasteiger charge is -2.19. The summed E-state index contributed by atoms with van der Waals surface area (Å²) in [7, 11) is -4.20. The van der Waals surface area contributed by atoms with E-state index in [-0.39, 0.29) is 32.1 Å². The van der Waals surface area contributed by atoms with Gasteiger partial charge in [-0.25, -0.2) is 12.8 Å². The van der Waals surface area contributed by atoms with Gasteiger partial charge in [0.15, 0.2) is 0 Å². The number of hydrogen-bond donors (Lipinski definition) is 2. The highest BCUT2D eigenvalue weighted by Gasteiger charge is 2.28. The number of hydrogen-bond acceptors (Lipinski definition) is 3. The fraction of sp³-hybridized carbons (Fsp3) is 0.0952. The molecule has 0 aromatic heterocycles. The Morgan fingerprint density at radius 2 is 1.65 bits per heavy atom. The molecule has 0 aliphatic rings. The van der Waals surface area contributed by atoms with Crippen LogP contribution in [0.3, 0.4) is 0 Å². The highest BCUT2D eigenvalue weighted by atomic mass is 35.5. The van der Waals surface area contributed by atoms with Crippen molar-refractivity contribution in [2.24, 2.45) is 0 Å². The normalized spacial score (nSPS) is 12.4. The SMILES string of the molecule is O=C(Nc1ccc(F)c(Cl)c1)[C@@H](Cc1ccccc1)NS(=O)(=O)c1cc(Cl)ccc1Cl. The van der Waals surface area contributed by atoms with E-state index in [1.54, 1.807) is 30.3 Å². The Morgan fingerprint density at radius 1 is 0.935 bits per heavy atom. The van der Waals surface area contributed by atoms with Crippen molar-refractivity contribution >= 4 is 56.4 Å². The van der Waals surface area contributed by atoms with Crippen molar-refractivity contribution in [1.29, 1.82) is 0 Å². The summed E-state index contributed by atoms with van der Waals surface area (Å²) in [5, 5.41) is 2.51. The molecule has 2 N–H and O–H groups in total. The van der Waals surface area contributed by atoms with Gasteiger partial charge < -0.3 is 5.32 Å². The minimum atomic E-state index is -4.20. The second-order valence-corrected chi connectivity index (χ2v) is 9.49. The van der Waals surface area contributed by atoms with Crippen molar-refractivity contribution in [3.63, 3.8) is 0 Å². The van der Waals surface area contributed by atoms with E-state index in [0.29, 0.717) is 0 Å². The van der Waals surface area contributed by atoms with Gasteiger partial charge in [0.2, 0.25) is 15.9 Å². The molecule has 0 aliphatic carbocycles. The average Bonchev–Trinajstić information content (AvgIpc) is 2.72.